The quantitative estimate of drug-likeness (QED) is 0.932. The summed E-state index contributed by atoms with van der Waals surface area (Å²) in [5.41, 5.74) is 2.92. The smallest absolute Gasteiger partial charge is 0.230 e. The van der Waals surface area contributed by atoms with Crippen molar-refractivity contribution in [3.63, 3.8) is 0 Å². The minimum Gasteiger partial charge on any atom is -0.340 e. The summed E-state index contributed by atoms with van der Waals surface area (Å²) >= 11 is 0. The molecule has 7 nitrogen and oxygen atoms in total. The fourth-order valence-corrected chi connectivity index (χ4v) is 3.07. The van der Waals surface area contributed by atoms with Gasteiger partial charge in [0.15, 0.2) is 5.82 Å². The maximum Gasteiger partial charge on any atom is 0.230 e. The van der Waals surface area contributed by atoms with Crippen LogP contribution in [0.1, 0.15) is 29.9 Å². The van der Waals surface area contributed by atoms with E-state index >= 15 is 0 Å². The molecule has 1 aliphatic heterocycles. The van der Waals surface area contributed by atoms with Gasteiger partial charge < -0.3 is 10.2 Å². The summed E-state index contributed by atoms with van der Waals surface area (Å²) in [6.45, 7) is 7.42. The summed E-state index contributed by atoms with van der Waals surface area (Å²) in [5, 5.41) is 7.22. The normalized spacial score (nSPS) is 17.8. The van der Waals surface area contributed by atoms with Crippen molar-refractivity contribution in [1.29, 1.82) is 0 Å². The number of piperidine rings is 1. The number of carbonyl (C=O) groups excluding carboxylic acids is 1. The predicted octanol–water partition coefficient (Wildman–Crippen LogP) is 1.99. The maximum atomic E-state index is 12.6. The molecule has 24 heavy (non-hydrogen) atoms. The van der Waals surface area contributed by atoms with E-state index in [0.717, 1.165) is 42.4 Å². The highest BCUT2D eigenvalue weighted by atomic mass is 16.2. The Labute approximate surface area is 142 Å². The van der Waals surface area contributed by atoms with Crippen molar-refractivity contribution in [2.75, 3.05) is 23.3 Å². The molecule has 1 atom stereocenters. The van der Waals surface area contributed by atoms with E-state index < -0.39 is 0 Å². The van der Waals surface area contributed by atoms with Crippen molar-refractivity contribution in [3.05, 3.63) is 29.2 Å². The predicted molar refractivity (Wildman–Crippen MR) is 93.0 cm³/mol. The van der Waals surface area contributed by atoms with Gasteiger partial charge in [0, 0.05) is 43.3 Å². The van der Waals surface area contributed by atoms with Gasteiger partial charge in [0.1, 0.15) is 0 Å². The van der Waals surface area contributed by atoms with Crippen LogP contribution in [0.25, 0.3) is 0 Å². The van der Waals surface area contributed by atoms with Crippen LogP contribution in [-0.4, -0.2) is 38.7 Å². The molecule has 3 rings (SSSR count). The van der Waals surface area contributed by atoms with Crippen molar-refractivity contribution in [1.82, 2.24) is 19.7 Å². The molecule has 1 fully saturated rings. The van der Waals surface area contributed by atoms with Gasteiger partial charge in [-0.2, -0.15) is 5.10 Å². The molecule has 0 bridgehead atoms. The Balaban J connectivity index is 1.69. The lowest BCUT2D eigenvalue weighted by atomic mass is 9.97. The lowest BCUT2D eigenvalue weighted by Gasteiger charge is -2.32. The Bertz CT molecular complexity index is 714. The first-order chi connectivity index (χ1) is 11.4. The summed E-state index contributed by atoms with van der Waals surface area (Å²) in [7, 11) is 1.87. The molecule has 128 valence electrons. The zero-order valence-corrected chi connectivity index (χ0v) is 14.7. The second kappa shape index (κ2) is 6.59. The Hall–Kier alpha value is -2.44. The Morgan fingerprint density at radius 2 is 1.92 bits per heavy atom. The van der Waals surface area contributed by atoms with Crippen LogP contribution in [-0.2, 0) is 11.8 Å². The second-order valence-corrected chi connectivity index (χ2v) is 6.52. The Morgan fingerprint density at radius 3 is 2.54 bits per heavy atom. The van der Waals surface area contributed by atoms with Gasteiger partial charge in [0.2, 0.25) is 11.9 Å². The summed E-state index contributed by atoms with van der Waals surface area (Å²) in [6.07, 6.45) is 1.83. The molecule has 1 unspecified atom stereocenters. The molecule has 0 radical (unpaired) electrons. The van der Waals surface area contributed by atoms with E-state index in [2.05, 4.69) is 25.3 Å². The minimum atomic E-state index is -0.0783. The van der Waals surface area contributed by atoms with Gasteiger partial charge in [-0.1, -0.05) is 0 Å². The summed E-state index contributed by atoms with van der Waals surface area (Å²) in [6, 6.07) is 3.84. The fraction of sp³-hybridized carbons (Fsp3) is 0.529. The van der Waals surface area contributed by atoms with Gasteiger partial charge in [0.05, 0.1) is 5.92 Å². The molecule has 7 heteroatoms. The SMILES string of the molecule is Cc1cc(C)nc(N2CCCC(C(=O)Nc3cc(C)n(C)n3)C2)n1. The zero-order chi connectivity index (χ0) is 17.3. The highest BCUT2D eigenvalue weighted by molar-refractivity contribution is 5.92. The molecule has 2 aromatic rings. The topological polar surface area (TPSA) is 75.9 Å². The van der Waals surface area contributed by atoms with Gasteiger partial charge >= 0.3 is 0 Å². The van der Waals surface area contributed by atoms with E-state index in [1.807, 2.05) is 40.0 Å². The maximum absolute atomic E-state index is 12.6. The third-order valence-electron chi connectivity index (χ3n) is 4.41. The average Bonchev–Trinajstić information content (AvgIpc) is 2.84. The van der Waals surface area contributed by atoms with Crippen molar-refractivity contribution in [3.8, 4) is 0 Å². The highest BCUT2D eigenvalue weighted by Gasteiger charge is 2.27. The second-order valence-electron chi connectivity index (χ2n) is 6.52. The van der Waals surface area contributed by atoms with E-state index in [1.54, 1.807) is 4.68 Å². The van der Waals surface area contributed by atoms with Gasteiger partial charge in [0.25, 0.3) is 0 Å². The number of carbonyl (C=O) groups is 1. The van der Waals surface area contributed by atoms with Crippen molar-refractivity contribution < 1.29 is 4.79 Å². The third kappa shape index (κ3) is 3.55. The molecule has 3 heterocycles. The molecule has 1 saturated heterocycles. The molecule has 1 N–H and O–H groups in total. The molecule has 2 aromatic heterocycles. The van der Waals surface area contributed by atoms with Gasteiger partial charge in [-0.15, -0.1) is 0 Å². The average molecular weight is 328 g/mol. The van der Waals surface area contributed by atoms with Gasteiger partial charge in [-0.05, 0) is 39.7 Å². The Morgan fingerprint density at radius 1 is 1.21 bits per heavy atom. The van der Waals surface area contributed by atoms with Crippen LogP contribution < -0.4 is 10.2 Å². The van der Waals surface area contributed by atoms with Crippen molar-refractivity contribution in [2.45, 2.75) is 33.6 Å². The lowest BCUT2D eigenvalue weighted by molar-refractivity contribution is -0.120. The van der Waals surface area contributed by atoms with E-state index in [9.17, 15) is 4.79 Å². The molecule has 1 aliphatic rings. The first kappa shape index (κ1) is 16.4. The van der Waals surface area contributed by atoms with Crippen LogP contribution in [0.2, 0.25) is 0 Å². The third-order valence-corrected chi connectivity index (χ3v) is 4.41. The summed E-state index contributed by atoms with van der Waals surface area (Å²) in [5.74, 6) is 1.27. The largest absolute Gasteiger partial charge is 0.340 e. The van der Waals surface area contributed by atoms with Crippen molar-refractivity contribution >= 4 is 17.7 Å². The van der Waals surface area contributed by atoms with Crippen LogP contribution >= 0.6 is 0 Å². The molecular weight excluding hydrogens is 304 g/mol. The molecule has 0 spiro atoms. The first-order valence-corrected chi connectivity index (χ1v) is 8.31. The number of hydrogen-bond donors (Lipinski definition) is 1. The zero-order valence-electron chi connectivity index (χ0n) is 14.7. The standard InChI is InChI=1S/C17H24N6O/c1-11-8-12(2)19-17(18-11)23-7-5-6-14(10-23)16(24)20-15-9-13(3)22(4)21-15/h8-9,14H,5-7,10H2,1-4H3,(H,20,21,24). The molecule has 0 aromatic carbocycles. The molecular formula is C17H24N6O. The number of nitrogens with zero attached hydrogens (tertiary/aromatic N) is 5. The highest BCUT2D eigenvalue weighted by Crippen LogP contribution is 2.22. The molecule has 0 aliphatic carbocycles. The molecule has 0 saturated carbocycles. The van der Waals surface area contributed by atoms with Crippen molar-refractivity contribution in [2.24, 2.45) is 13.0 Å². The minimum absolute atomic E-state index is 0.0159. The van der Waals surface area contributed by atoms with Crippen LogP contribution in [0, 0.1) is 26.7 Å². The van der Waals surface area contributed by atoms with Crippen LogP contribution in [0.4, 0.5) is 11.8 Å². The first-order valence-electron chi connectivity index (χ1n) is 8.31. The van der Waals surface area contributed by atoms with Gasteiger partial charge in [-0.25, -0.2) is 9.97 Å². The Kier molecular flexibility index (Phi) is 4.51. The van der Waals surface area contributed by atoms with Crippen LogP contribution in [0.15, 0.2) is 12.1 Å². The van der Waals surface area contributed by atoms with Gasteiger partial charge in [-0.3, -0.25) is 9.48 Å². The number of aryl methyl sites for hydroxylation is 4. The number of hydrogen-bond acceptors (Lipinski definition) is 5. The van der Waals surface area contributed by atoms with E-state index in [4.69, 9.17) is 0 Å². The van der Waals surface area contributed by atoms with E-state index in [1.165, 1.54) is 0 Å². The van der Waals surface area contributed by atoms with E-state index in [0.29, 0.717) is 12.4 Å². The van der Waals surface area contributed by atoms with Crippen LogP contribution in [0.3, 0.4) is 0 Å². The van der Waals surface area contributed by atoms with E-state index in [-0.39, 0.29) is 11.8 Å². The number of anilines is 2. The number of amides is 1. The molecule has 1 amide bonds. The summed E-state index contributed by atoms with van der Waals surface area (Å²) < 4.78 is 1.76. The summed E-state index contributed by atoms with van der Waals surface area (Å²) in [4.78, 5) is 23.7. The fourth-order valence-electron chi connectivity index (χ4n) is 3.07. The number of aromatic nitrogens is 4. The number of nitrogens with one attached hydrogen (secondary N) is 1. The monoisotopic (exact) mass is 328 g/mol. The lowest BCUT2D eigenvalue weighted by Crippen LogP contribution is -2.41. The number of rotatable bonds is 3. The van der Waals surface area contributed by atoms with Crippen LogP contribution in [0.5, 0.6) is 0 Å².